The standard InChI is InChI=1S/C20H30N2O2/c1-20(2,24)18-12-7-13-22(18)14-19(23)21(3)17-11-6-9-15-8-4-5-10-16(15)17/h4-5,8,10,17-18,24H,6-7,9,11-14H2,1-3H3. The van der Waals surface area contributed by atoms with Gasteiger partial charge in [-0.05, 0) is 63.6 Å². The predicted molar refractivity (Wildman–Crippen MR) is 95.8 cm³/mol. The predicted octanol–water partition coefficient (Wildman–Crippen LogP) is 2.76. The average molecular weight is 330 g/mol. The van der Waals surface area contributed by atoms with Crippen molar-refractivity contribution in [1.29, 1.82) is 0 Å². The zero-order chi connectivity index (χ0) is 17.3. The Bertz CT molecular complexity index is 594. The third-order valence-electron chi connectivity index (χ3n) is 5.72. The van der Waals surface area contributed by atoms with Crippen molar-refractivity contribution in [3.05, 3.63) is 35.4 Å². The summed E-state index contributed by atoms with van der Waals surface area (Å²) >= 11 is 0. The molecule has 1 N–H and O–H groups in total. The summed E-state index contributed by atoms with van der Waals surface area (Å²) in [5.41, 5.74) is 1.93. The Labute approximate surface area is 145 Å². The van der Waals surface area contributed by atoms with E-state index in [1.165, 1.54) is 11.1 Å². The highest BCUT2D eigenvalue weighted by atomic mass is 16.3. The van der Waals surface area contributed by atoms with Crippen LogP contribution >= 0.6 is 0 Å². The van der Waals surface area contributed by atoms with Crippen molar-refractivity contribution < 1.29 is 9.90 Å². The van der Waals surface area contributed by atoms with Crippen LogP contribution in [-0.4, -0.2) is 52.6 Å². The van der Waals surface area contributed by atoms with Crippen molar-refractivity contribution in [2.45, 2.75) is 63.6 Å². The second-order valence-corrected chi connectivity index (χ2v) is 7.89. The van der Waals surface area contributed by atoms with Crippen LogP contribution in [0.5, 0.6) is 0 Å². The molecule has 4 nitrogen and oxygen atoms in total. The van der Waals surface area contributed by atoms with Gasteiger partial charge in [-0.3, -0.25) is 9.69 Å². The minimum atomic E-state index is -0.757. The third-order valence-corrected chi connectivity index (χ3v) is 5.72. The molecule has 0 spiro atoms. The number of aliphatic hydroxyl groups is 1. The minimum Gasteiger partial charge on any atom is -0.389 e. The van der Waals surface area contributed by atoms with Crippen molar-refractivity contribution in [3.8, 4) is 0 Å². The lowest BCUT2D eigenvalue weighted by atomic mass is 9.87. The molecule has 1 aliphatic carbocycles. The molecule has 0 radical (unpaired) electrons. The van der Waals surface area contributed by atoms with E-state index in [0.717, 1.165) is 38.6 Å². The first-order valence-corrected chi connectivity index (χ1v) is 9.18. The summed E-state index contributed by atoms with van der Waals surface area (Å²) in [4.78, 5) is 17.0. The number of hydrogen-bond donors (Lipinski definition) is 1. The lowest BCUT2D eigenvalue weighted by Crippen LogP contribution is -2.49. The zero-order valence-electron chi connectivity index (χ0n) is 15.2. The average Bonchev–Trinajstić information content (AvgIpc) is 3.02. The summed E-state index contributed by atoms with van der Waals surface area (Å²) in [6.07, 6.45) is 5.30. The zero-order valence-corrected chi connectivity index (χ0v) is 15.2. The van der Waals surface area contributed by atoms with E-state index in [0.29, 0.717) is 6.54 Å². The monoisotopic (exact) mass is 330 g/mol. The maximum absolute atomic E-state index is 12.9. The van der Waals surface area contributed by atoms with Crippen molar-refractivity contribution in [1.82, 2.24) is 9.80 Å². The van der Waals surface area contributed by atoms with E-state index in [4.69, 9.17) is 0 Å². The van der Waals surface area contributed by atoms with Crippen LogP contribution in [0.25, 0.3) is 0 Å². The van der Waals surface area contributed by atoms with Crippen LogP contribution < -0.4 is 0 Å². The van der Waals surface area contributed by atoms with Crippen LogP contribution in [-0.2, 0) is 11.2 Å². The van der Waals surface area contributed by atoms with E-state index < -0.39 is 5.60 Å². The van der Waals surface area contributed by atoms with Gasteiger partial charge < -0.3 is 10.0 Å². The highest BCUT2D eigenvalue weighted by Gasteiger charge is 2.37. The highest BCUT2D eigenvalue weighted by Crippen LogP contribution is 2.34. The summed E-state index contributed by atoms with van der Waals surface area (Å²) in [5.74, 6) is 0.160. The number of carbonyl (C=O) groups excluding carboxylic acids is 1. The number of likely N-dealkylation sites (N-methyl/N-ethyl adjacent to an activating group) is 1. The number of amides is 1. The molecule has 2 aliphatic rings. The Morgan fingerprint density at radius 3 is 2.79 bits per heavy atom. The number of aryl methyl sites for hydroxylation is 1. The van der Waals surface area contributed by atoms with Gasteiger partial charge in [0.1, 0.15) is 0 Å². The van der Waals surface area contributed by atoms with Gasteiger partial charge in [-0.15, -0.1) is 0 Å². The lowest BCUT2D eigenvalue weighted by molar-refractivity contribution is -0.135. The van der Waals surface area contributed by atoms with Gasteiger partial charge in [-0.25, -0.2) is 0 Å². The minimum absolute atomic E-state index is 0.0773. The van der Waals surface area contributed by atoms with Crippen LogP contribution in [0, 0.1) is 0 Å². The molecular weight excluding hydrogens is 300 g/mol. The number of rotatable bonds is 4. The fourth-order valence-electron chi connectivity index (χ4n) is 4.41. The number of benzene rings is 1. The topological polar surface area (TPSA) is 43.8 Å². The molecule has 1 aliphatic heterocycles. The third kappa shape index (κ3) is 3.50. The van der Waals surface area contributed by atoms with E-state index >= 15 is 0 Å². The number of hydrogen-bond acceptors (Lipinski definition) is 3. The summed E-state index contributed by atoms with van der Waals surface area (Å²) in [6.45, 7) is 5.00. The van der Waals surface area contributed by atoms with Crippen LogP contribution in [0.1, 0.15) is 56.7 Å². The van der Waals surface area contributed by atoms with Gasteiger partial charge in [-0.2, -0.15) is 0 Å². The Balaban J connectivity index is 1.70. The number of carbonyl (C=O) groups is 1. The fraction of sp³-hybridized carbons (Fsp3) is 0.650. The summed E-state index contributed by atoms with van der Waals surface area (Å²) in [5, 5.41) is 10.4. The Kier molecular flexibility index (Phi) is 4.97. The highest BCUT2D eigenvalue weighted by molar-refractivity contribution is 5.78. The molecule has 132 valence electrons. The molecule has 1 fully saturated rings. The smallest absolute Gasteiger partial charge is 0.237 e. The molecule has 3 rings (SSSR count). The first kappa shape index (κ1) is 17.4. The van der Waals surface area contributed by atoms with Crippen molar-refractivity contribution in [2.75, 3.05) is 20.1 Å². The first-order valence-electron chi connectivity index (χ1n) is 9.18. The Morgan fingerprint density at radius 1 is 1.29 bits per heavy atom. The maximum atomic E-state index is 12.9. The van der Waals surface area contributed by atoms with Gasteiger partial charge in [-0.1, -0.05) is 24.3 Å². The van der Waals surface area contributed by atoms with Gasteiger partial charge in [0.05, 0.1) is 18.2 Å². The van der Waals surface area contributed by atoms with Crippen LogP contribution in [0.15, 0.2) is 24.3 Å². The second-order valence-electron chi connectivity index (χ2n) is 7.89. The lowest BCUT2D eigenvalue weighted by Gasteiger charge is -2.37. The van der Waals surface area contributed by atoms with E-state index in [1.807, 2.05) is 25.8 Å². The van der Waals surface area contributed by atoms with E-state index in [2.05, 4.69) is 29.2 Å². The molecule has 0 saturated carbocycles. The van der Waals surface area contributed by atoms with E-state index in [1.54, 1.807) is 0 Å². The molecule has 1 heterocycles. The summed E-state index contributed by atoms with van der Waals surface area (Å²) < 4.78 is 0. The summed E-state index contributed by atoms with van der Waals surface area (Å²) in [6, 6.07) is 8.77. The quantitative estimate of drug-likeness (QED) is 0.923. The van der Waals surface area contributed by atoms with Crippen molar-refractivity contribution in [3.63, 3.8) is 0 Å². The second kappa shape index (κ2) is 6.85. The molecule has 4 heteroatoms. The fourth-order valence-corrected chi connectivity index (χ4v) is 4.41. The molecule has 2 atom stereocenters. The van der Waals surface area contributed by atoms with Crippen molar-refractivity contribution >= 4 is 5.91 Å². The molecular formula is C20H30N2O2. The van der Waals surface area contributed by atoms with Gasteiger partial charge in [0, 0.05) is 13.1 Å². The Hall–Kier alpha value is -1.39. The van der Waals surface area contributed by atoms with E-state index in [-0.39, 0.29) is 18.0 Å². The molecule has 1 saturated heterocycles. The number of likely N-dealkylation sites (tertiary alicyclic amines) is 1. The molecule has 1 amide bonds. The Morgan fingerprint density at radius 2 is 2.04 bits per heavy atom. The molecule has 1 aromatic rings. The first-order chi connectivity index (χ1) is 11.4. The van der Waals surface area contributed by atoms with Gasteiger partial charge in [0.25, 0.3) is 0 Å². The van der Waals surface area contributed by atoms with Gasteiger partial charge in [0.2, 0.25) is 5.91 Å². The molecule has 0 bridgehead atoms. The normalized spacial score (nSPS) is 24.7. The van der Waals surface area contributed by atoms with Gasteiger partial charge in [0.15, 0.2) is 0 Å². The van der Waals surface area contributed by atoms with E-state index in [9.17, 15) is 9.90 Å². The molecule has 0 aromatic heterocycles. The number of fused-ring (bicyclic) bond motifs is 1. The summed E-state index contributed by atoms with van der Waals surface area (Å²) in [7, 11) is 1.93. The molecule has 24 heavy (non-hydrogen) atoms. The number of nitrogens with zero attached hydrogens (tertiary/aromatic N) is 2. The van der Waals surface area contributed by atoms with Crippen LogP contribution in [0.3, 0.4) is 0 Å². The maximum Gasteiger partial charge on any atom is 0.237 e. The SMILES string of the molecule is CN(C(=O)CN1CCCC1C(C)(C)O)C1CCCc2ccccc21. The van der Waals surface area contributed by atoms with Crippen LogP contribution in [0.2, 0.25) is 0 Å². The molecule has 2 unspecified atom stereocenters. The van der Waals surface area contributed by atoms with Gasteiger partial charge >= 0.3 is 0 Å². The molecule has 1 aromatic carbocycles. The largest absolute Gasteiger partial charge is 0.389 e. The van der Waals surface area contributed by atoms with Crippen LogP contribution in [0.4, 0.5) is 0 Å². The van der Waals surface area contributed by atoms with Crippen molar-refractivity contribution in [2.24, 2.45) is 0 Å².